The van der Waals surface area contributed by atoms with Crippen molar-refractivity contribution in [2.45, 2.75) is 55.5 Å². The zero-order valence-corrected chi connectivity index (χ0v) is 15.4. The van der Waals surface area contributed by atoms with Gasteiger partial charge in [0.2, 0.25) is 5.91 Å². The highest BCUT2D eigenvalue weighted by Gasteiger charge is 2.22. The molecule has 0 saturated heterocycles. The number of carbonyl (C=O) groups excluding carboxylic acids is 2. The molecule has 1 saturated carbocycles. The first kappa shape index (κ1) is 17.8. The van der Waals surface area contributed by atoms with E-state index in [9.17, 15) is 9.59 Å². The molecule has 0 aliphatic heterocycles. The van der Waals surface area contributed by atoms with Gasteiger partial charge in [-0.1, -0.05) is 43.2 Å². The molecule has 1 aliphatic carbocycles. The van der Waals surface area contributed by atoms with E-state index in [0.29, 0.717) is 0 Å². The molecule has 3 amide bonds. The maximum Gasteiger partial charge on any atom is 0.321 e. The number of carbonyl (C=O) groups is 2. The van der Waals surface area contributed by atoms with Gasteiger partial charge in [-0.05, 0) is 31.9 Å². The van der Waals surface area contributed by atoms with E-state index < -0.39 is 11.3 Å². The maximum absolute atomic E-state index is 12.3. The van der Waals surface area contributed by atoms with Crippen molar-refractivity contribution >= 4 is 34.7 Å². The van der Waals surface area contributed by atoms with E-state index in [2.05, 4.69) is 15.6 Å². The third kappa shape index (κ3) is 4.34. The van der Waals surface area contributed by atoms with Crippen LogP contribution in [0.5, 0.6) is 0 Å². The third-order valence-electron chi connectivity index (χ3n) is 4.57. The molecule has 134 valence electrons. The number of imidazole rings is 1. The largest absolute Gasteiger partial charge is 0.335 e. The predicted octanol–water partition coefficient (Wildman–Crippen LogP) is 3.21. The van der Waals surface area contributed by atoms with E-state index in [1.165, 1.54) is 18.2 Å². The number of para-hydroxylation sites is 2. The fourth-order valence-electron chi connectivity index (χ4n) is 3.12. The van der Waals surface area contributed by atoms with Crippen LogP contribution in [0.15, 0.2) is 29.4 Å². The molecule has 25 heavy (non-hydrogen) atoms. The molecule has 1 aromatic heterocycles. The molecule has 0 spiro atoms. The minimum atomic E-state index is -0.410. The summed E-state index contributed by atoms with van der Waals surface area (Å²) < 4.78 is 1.96. The number of urea groups is 1. The molecule has 3 rings (SSSR count). The predicted molar refractivity (Wildman–Crippen MR) is 99.6 cm³/mol. The summed E-state index contributed by atoms with van der Waals surface area (Å²) in [6.45, 7) is 1.78. The van der Waals surface area contributed by atoms with Gasteiger partial charge in [-0.2, -0.15) is 0 Å². The minimum Gasteiger partial charge on any atom is -0.335 e. The fourth-order valence-corrected chi connectivity index (χ4v) is 4.01. The topological polar surface area (TPSA) is 76.0 Å². The molecule has 1 aliphatic rings. The second-order valence-corrected chi connectivity index (χ2v) is 7.81. The van der Waals surface area contributed by atoms with Crippen LogP contribution in [0.4, 0.5) is 4.79 Å². The number of fused-ring (bicyclic) bond motifs is 1. The number of aromatic nitrogens is 2. The molecule has 7 heteroatoms. The molecule has 1 heterocycles. The van der Waals surface area contributed by atoms with Crippen LogP contribution in [-0.4, -0.2) is 32.8 Å². The van der Waals surface area contributed by atoms with Crippen molar-refractivity contribution in [1.29, 1.82) is 0 Å². The van der Waals surface area contributed by atoms with E-state index in [1.54, 1.807) is 6.92 Å². The van der Waals surface area contributed by atoms with Crippen LogP contribution in [0.3, 0.4) is 0 Å². The van der Waals surface area contributed by atoms with Crippen LogP contribution < -0.4 is 10.6 Å². The molecular formula is C18H24N4O2S. The Hall–Kier alpha value is -2.02. The van der Waals surface area contributed by atoms with Crippen LogP contribution in [0.1, 0.15) is 39.0 Å². The Kier molecular flexibility index (Phi) is 5.63. The van der Waals surface area contributed by atoms with Crippen molar-refractivity contribution < 1.29 is 9.59 Å². The normalized spacial score (nSPS) is 16.6. The molecule has 0 unspecified atom stereocenters. The van der Waals surface area contributed by atoms with Gasteiger partial charge in [-0.15, -0.1) is 0 Å². The van der Waals surface area contributed by atoms with Crippen molar-refractivity contribution in [3.8, 4) is 0 Å². The van der Waals surface area contributed by atoms with Crippen LogP contribution in [0.2, 0.25) is 0 Å². The van der Waals surface area contributed by atoms with Crippen LogP contribution >= 0.6 is 11.8 Å². The average molecular weight is 360 g/mol. The highest BCUT2D eigenvalue weighted by atomic mass is 32.2. The molecule has 2 N–H and O–H groups in total. The van der Waals surface area contributed by atoms with Crippen LogP contribution in [-0.2, 0) is 11.8 Å². The molecule has 0 bridgehead atoms. The van der Waals surface area contributed by atoms with Gasteiger partial charge in [-0.3, -0.25) is 10.1 Å². The molecular weight excluding hydrogens is 336 g/mol. The molecule has 2 aromatic rings. The average Bonchev–Trinajstić information content (AvgIpc) is 2.92. The Morgan fingerprint density at radius 2 is 1.96 bits per heavy atom. The summed E-state index contributed by atoms with van der Waals surface area (Å²) in [6.07, 6.45) is 5.48. The van der Waals surface area contributed by atoms with Crippen molar-refractivity contribution in [1.82, 2.24) is 20.2 Å². The summed E-state index contributed by atoms with van der Waals surface area (Å²) in [7, 11) is 1.93. The van der Waals surface area contributed by atoms with Crippen LogP contribution in [0, 0.1) is 0 Å². The number of hydrogen-bond acceptors (Lipinski definition) is 4. The molecule has 1 atom stereocenters. The first-order valence-electron chi connectivity index (χ1n) is 8.74. The van der Waals surface area contributed by atoms with E-state index in [1.807, 2.05) is 35.9 Å². The number of hydrogen-bond donors (Lipinski definition) is 2. The van der Waals surface area contributed by atoms with E-state index >= 15 is 0 Å². The highest BCUT2D eigenvalue weighted by molar-refractivity contribution is 8.00. The van der Waals surface area contributed by atoms with Crippen molar-refractivity contribution in [3.63, 3.8) is 0 Å². The van der Waals surface area contributed by atoms with Gasteiger partial charge in [0, 0.05) is 13.1 Å². The van der Waals surface area contributed by atoms with Gasteiger partial charge in [0.05, 0.1) is 16.3 Å². The Bertz CT molecular complexity index is 768. The number of rotatable bonds is 4. The number of nitrogens with zero attached hydrogens (tertiary/aromatic N) is 2. The van der Waals surface area contributed by atoms with Crippen molar-refractivity contribution in [3.05, 3.63) is 24.3 Å². The summed E-state index contributed by atoms with van der Waals surface area (Å²) in [5.41, 5.74) is 1.92. The monoisotopic (exact) mass is 360 g/mol. The second-order valence-electron chi connectivity index (χ2n) is 6.50. The molecule has 1 fully saturated rings. The van der Waals surface area contributed by atoms with E-state index in [0.717, 1.165) is 41.9 Å². The first-order valence-corrected chi connectivity index (χ1v) is 9.62. The lowest BCUT2D eigenvalue weighted by atomic mass is 9.96. The minimum absolute atomic E-state index is 0.185. The Morgan fingerprint density at radius 1 is 1.24 bits per heavy atom. The standard InChI is InChI=1S/C18H24N4O2S/c1-12(16(23)21-17(24)19-13-8-4-3-5-9-13)25-18-20-14-10-6-7-11-15(14)22(18)2/h6-7,10-13H,3-5,8-9H2,1-2H3,(H2,19,21,23,24)/t12-/m1/s1. The summed E-state index contributed by atoms with van der Waals surface area (Å²) in [5, 5.41) is 5.71. The van der Waals surface area contributed by atoms with Crippen molar-refractivity contribution in [2.24, 2.45) is 7.05 Å². The number of imide groups is 1. The number of thioether (sulfide) groups is 1. The van der Waals surface area contributed by atoms with Gasteiger partial charge in [-0.25, -0.2) is 9.78 Å². The second kappa shape index (κ2) is 7.91. The Labute approximate surface area is 151 Å². The fraction of sp³-hybridized carbons (Fsp3) is 0.500. The Morgan fingerprint density at radius 3 is 2.68 bits per heavy atom. The number of amides is 3. The lowest BCUT2D eigenvalue weighted by molar-refractivity contribution is -0.119. The van der Waals surface area contributed by atoms with Gasteiger partial charge < -0.3 is 9.88 Å². The third-order valence-corrected chi connectivity index (χ3v) is 5.72. The van der Waals surface area contributed by atoms with Crippen molar-refractivity contribution in [2.75, 3.05) is 0 Å². The Balaban J connectivity index is 1.56. The van der Waals surface area contributed by atoms with E-state index in [-0.39, 0.29) is 11.9 Å². The molecule has 6 nitrogen and oxygen atoms in total. The lowest BCUT2D eigenvalue weighted by Crippen LogP contribution is -2.47. The summed E-state index contributed by atoms with van der Waals surface area (Å²) in [5.74, 6) is -0.301. The summed E-state index contributed by atoms with van der Waals surface area (Å²) in [4.78, 5) is 28.9. The number of aryl methyl sites for hydroxylation is 1. The number of nitrogens with one attached hydrogen (secondary N) is 2. The summed E-state index contributed by atoms with van der Waals surface area (Å²) >= 11 is 1.35. The zero-order chi connectivity index (χ0) is 17.8. The van der Waals surface area contributed by atoms with E-state index in [4.69, 9.17) is 0 Å². The van der Waals surface area contributed by atoms with Gasteiger partial charge >= 0.3 is 6.03 Å². The smallest absolute Gasteiger partial charge is 0.321 e. The number of benzene rings is 1. The zero-order valence-electron chi connectivity index (χ0n) is 14.6. The van der Waals surface area contributed by atoms with Gasteiger partial charge in [0.25, 0.3) is 0 Å². The first-order chi connectivity index (χ1) is 12.0. The SMILES string of the molecule is C[C@@H](Sc1nc2ccccc2n1C)C(=O)NC(=O)NC1CCCCC1. The molecule has 1 aromatic carbocycles. The molecule has 0 radical (unpaired) electrons. The van der Waals surface area contributed by atoms with Gasteiger partial charge in [0.1, 0.15) is 0 Å². The maximum atomic E-state index is 12.3. The van der Waals surface area contributed by atoms with Crippen LogP contribution in [0.25, 0.3) is 11.0 Å². The highest BCUT2D eigenvalue weighted by Crippen LogP contribution is 2.26. The van der Waals surface area contributed by atoms with Gasteiger partial charge in [0.15, 0.2) is 5.16 Å². The lowest BCUT2D eigenvalue weighted by Gasteiger charge is -2.23. The quantitative estimate of drug-likeness (QED) is 0.821. The summed E-state index contributed by atoms with van der Waals surface area (Å²) in [6, 6.07) is 7.63.